The highest BCUT2D eigenvalue weighted by Gasteiger charge is 2.27. The third-order valence-electron chi connectivity index (χ3n) is 4.96. The SMILES string of the molecule is COc1ccc([C@@H]2CCc3c(cc(OC)c(CC=C(C)C)c3OC)O2)cc1. The van der Waals surface area contributed by atoms with Crippen LogP contribution in [0.4, 0.5) is 0 Å². The summed E-state index contributed by atoms with van der Waals surface area (Å²) in [6.45, 7) is 4.19. The second kappa shape index (κ2) is 8.38. The number of fused-ring (bicyclic) bond motifs is 1. The Morgan fingerprint density at radius 2 is 1.81 bits per heavy atom. The van der Waals surface area contributed by atoms with Crippen LogP contribution in [0.3, 0.4) is 0 Å². The van der Waals surface area contributed by atoms with Crippen molar-refractivity contribution in [3.63, 3.8) is 0 Å². The Balaban J connectivity index is 1.95. The van der Waals surface area contributed by atoms with E-state index in [4.69, 9.17) is 18.9 Å². The van der Waals surface area contributed by atoms with Gasteiger partial charge in [0.2, 0.25) is 0 Å². The van der Waals surface area contributed by atoms with E-state index in [1.54, 1.807) is 21.3 Å². The minimum Gasteiger partial charge on any atom is -0.497 e. The van der Waals surface area contributed by atoms with E-state index in [9.17, 15) is 0 Å². The van der Waals surface area contributed by atoms with Crippen molar-refractivity contribution in [2.24, 2.45) is 0 Å². The first-order chi connectivity index (χ1) is 13.1. The van der Waals surface area contributed by atoms with Gasteiger partial charge in [-0.2, -0.15) is 0 Å². The zero-order valence-corrected chi connectivity index (χ0v) is 16.8. The summed E-state index contributed by atoms with van der Waals surface area (Å²) in [6.07, 6.45) is 4.80. The number of hydrogen-bond acceptors (Lipinski definition) is 4. The van der Waals surface area contributed by atoms with E-state index < -0.39 is 0 Å². The molecule has 0 unspecified atom stereocenters. The first kappa shape index (κ1) is 19.2. The molecule has 3 rings (SSSR count). The van der Waals surface area contributed by atoms with Crippen molar-refractivity contribution in [2.75, 3.05) is 21.3 Å². The molecule has 27 heavy (non-hydrogen) atoms. The van der Waals surface area contributed by atoms with Gasteiger partial charge in [-0.05, 0) is 50.8 Å². The van der Waals surface area contributed by atoms with Crippen LogP contribution in [0.15, 0.2) is 42.0 Å². The van der Waals surface area contributed by atoms with E-state index in [-0.39, 0.29) is 6.10 Å². The maximum absolute atomic E-state index is 6.34. The Morgan fingerprint density at radius 3 is 2.41 bits per heavy atom. The summed E-state index contributed by atoms with van der Waals surface area (Å²) in [5.41, 5.74) is 4.62. The fourth-order valence-electron chi connectivity index (χ4n) is 3.51. The minimum atomic E-state index is 0.0152. The van der Waals surface area contributed by atoms with Crippen molar-refractivity contribution in [1.82, 2.24) is 0 Å². The molecule has 1 atom stereocenters. The first-order valence-corrected chi connectivity index (χ1v) is 9.28. The third-order valence-corrected chi connectivity index (χ3v) is 4.96. The monoisotopic (exact) mass is 368 g/mol. The highest BCUT2D eigenvalue weighted by molar-refractivity contribution is 5.59. The first-order valence-electron chi connectivity index (χ1n) is 9.28. The molecule has 0 aromatic heterocycles. The Hall–Kier alpha value is -2.62. The predicted molar refractivity (Wildman–Crippen MR) is 107 cm³/mol. The summed E-state index contributed by atoms with van der Waals surface area (Å²) in [5, 5.41) is 0. The van der Waals surface area contributed by atoms with Gasteiger partial charge in [0, 0.05) is 17.2 Å². The van der Waals surface area contributed by atoms with Crippen LogP contribution in [0, 0.1) is 0 Å². The topological polar surface area (TPSA) is 36.9 Å². The molecule has 0 fully saturated rings. The molecule has 0 spiro atoms. The molecule has 0 bridgehead atoms. The Labute approximate surface area is 161 Å². The number of allylic oxidation sites excluding steroid dienone is 2. The van der Waals surface area contributed by atoms with Crippen LogP contribution in [0.25, 0.3) is 0 Å². The number of hydrogen-bond donors (Lipinski definition) is 0. The second-order valence-electron chi connectivity index (χ2n) is 6.97. The molecular formula is C23H28O4. The lowest BCUT2D eigenvalue weighted by Gasteiger charge is -2.29. The lowest BCUT2D eigenvalue weighted by molar-refractivity contribution is 0.173. The van der Waals surface area contributed by atoms with Gasteiger partial charge in [-0.25, -0.2) is 0 Å². The van der Waals surface area contributed by atoms with Gasteiger partial charge in [0.15, 0.2) is 0 Å². The average Bonchev–Trinajstić information content (AvgIpc) is 2.70. The number of ether oxygens (including phenoxy) is 4. The zero-order chi connectivity index (χ0) is 19.4. The normalized spacial score (nSPS) is 15.4. The fourth-order valence-corrected chi connectivity index (χ4v) is 3.51. The lowest BCUT2D eigenvalue weighted by Crippen LogP contribution is -2.17. The Bertz CT molecular complexity index is 817. The van der Waals surface area contributed by atoms with Crippen molar-refractivity contribution in [2.45, 2.75) is 39.2 Å². The molecule has 0 saturated heterocycles. The summed E-state index contributed by atoms with van der Waals surface area (Å²) >= 11 is 0. The Morgan fingerprint density at radius 1 is 1.07 bits per heavy atom. The summed E-state index contributed by atoms with van der Waals surface area (Å²) in [6, 6.07) is 10.1. The highest BCUT2D eigenvalue weighted by atomic mass is 16.5. The van der Waals surface area contributed by atoms with Gasteiger partial charge in [-0.3, -0.25) is 0 Å². The standard InChI is InChI=1S/C23H28O4/c1-15(2)6-11-18-21(25-4)14-22-19(23(18)26-5)12-13-20(27-22)16-7-9-17(24-3)10-8-16/h6-10,14,20H,11-13H2,1-5H3/t20-/m0/s1. The van der Waals surface area contributed by atoms with Crippen molar-refractivity contribution in [3.05, 3.63) is 58.7 Å². The molecule has 2 aromatic carbocycles. The average molecular weight is 368 g/mol. The van der Waals surface area contributed by atoms with Crippen LogP contribution in [0.5, 0.6) is 23.0 Å². The van der Waals surface area contributed by atoms with Crippen molar-refractivity contribution >= 4 is 0 Å². The highest BCUT2D eigenvalue weighted by Crippen LogP contribution is 2.45. The summed E-state index contributed by atoms with van der Waals surface area (Å²) in [7, 11) is 5.08. The van der Waals surface area contributed by atoms with Crippen LogP contribution < -0.4 is 18.9 Å². The van der Waals surface area contributed by atoms with Crippen LogP contribution in [-0.4, -0.2) is 21.3 Å². The van der Waals surface area contributed by atoms with Gasteiger partial charge in [0.05, 0.1) is 21.3 Å². The molecule has 4 nitrogen and oxygen atoms in total. The van der Waals surface area contributed by atoms with Gasteiger partial charge in [-0.1, -0.05) is 23.8 Å². The lowest BCUT2D eigenvalue weighted by atomic mass is 9.93. The molecule has 2 aromatic rings. The second-order valence-corrected chi connectivity index (χ2v) is 6.97. The largest absolute Gasteiger partial charge is 0.497 e. The Kier molecular flexibility index (Phi) is 5.94. The third kappa shape index (κ3) is 4.05. The van der Waals surface area contributed by atoms with E-state index >= 15 is 0 Å². The van der Waals surface area contributed by atoms with E-state index in [1.807, 2.05) is 18.2 Å². The predicted octanol–water partition coefficient (Wildman–Crippen LogP) is 5.29. The number of benzene rings is 2. The van der Waals surface area contributed by atoms with Crippen LogP contribution in [0.1, 0.15) is 43.1 Å². The molecule has 4 heteroatoms. The van der Waals surface area contributed by atoms with Crippen LogP contribution in [-0.2, 0) is 12.8 Å². The van der Waals surface area contributed by atoms with Crippen molar-refractivity contribution < 1.29 is 18.9 Å². The van der Waals surface area contributed by atoms with E-state index in [0.29, 0.717) is 0 Å². The molecule has 0 amide bonds. The molecule has 1 heterocycles. The zero-order valence-electron chi connectivity index (χ0n) is 16.8. The van der Waals surface area contributed by atoms with Gasteiger partial charge in [0.25, 0.3) is 0 Å². The molecule has 0 radical (unpaired) electrons. The summed E-state index contributed by atoms with van der Waals surface area (Å²) < 4.78 is 23.0. The maximum Gasteiger partial charge on any atom is 0.132 e. The van der Waals surface area contributed by atoms with E-state index in [0.717, 1.165) is 59.0 Å². The number of methoxy groups -OCH3 is 3. The van der Waals surface area contributed by atoms with Crippen LogP contribution in [0.2, 0.25) is 0 Å². The van der Waals surface area contributed by atoms with Gasteiger partial charge in [0.1, 0.15) is 29.1 Å². The summed E-state index contributed by atoms with van der Waals surface area (Å²) in [4.78, 5) is 0. The van der Waals surface area contributed by atoms with Crippen LogP contribution >= 0.6 is 0 Å². The number of rotatable bonds is 6. The minimum absolute atomic E-state index is 0.0152. The van der Waals surface area contributed by atoms with Gasteiger partial charge in [-0.15, -0.1) is 0 Å². The van der Waals surface area contributed by atoms with Crippen molar-refractivity contribution in [3.8, 4) is 23.0 Å². The van der Waals surface area contributed by atoms with Gasteiger partial charge < -0.3 is 18.9 Å². The smallest absolute Gasteiger partial charge is 0.132 e. The molecule has 0 N–H and O–H groups in total. The van der Waals surface area contributed by atoms with E-state index in [2.05, 4.69) is 32.1 Å². The molecule has 1 aliphatic rings. The molecular weight excluding hydrogens is 340 g/mol. The molecule has 0 saturated carbocycles. The van der Waals surface area contributed by atoms with Crippen molar-refractivity contribution in [1.29, 1.82) is 0 Å². The molecule has 1 aliphatic heterocycles. The fraction of sp³-hybridized carbons (Fsp3) is 0.391. The molecule has 144 valence electrons. The van der Waals surface area contributed by atoms with E-state index in [1.165, 1.54) is 5.57 Å². The summed E-state index contributed by atoms with van der Waals surface area (Å²) in [5.74, 6) is 3.38. The maximum atomic E-state index is 6.34. The quantitative estimate of drug-likeness (QED) is 0.650. The molecule has 0 aliphatic carbocycles. The van der Waals surface area contributed by atoms with Gasteiger partial charge >= 0.3 is 0 Å².